The van der Waals surface area contributed by atoms with Crippen molar-refractivity contribution < 1.29 is 0 Å². The molecule has 2 atom stereocenters. The van der Waals surface area contributed by atoms with Crippen LogP contribution >= 0.6 is 11.3 Å². The van der Waals surface area contributed by atoms with Crippen molar-refractivity contribution in [1.29, 1.82) is 0 Å². The molecule has 1 aliphatic rings. The van der Waals surface area contributed by atoms with Crippen molar-refractivity contribution in [3.05, 3.63) is 16.1 Å². The number of hydrogen-bond donors (Lipinski definition) is 1. The van der Waals surface area contributed by atoms with Crippen LogP contribution in [-0.2, 0) is 6.54 Å². The molecule has 2 nitrogen and oxygen atoms in total. The number of rotatable bonds is 4. The second-order valence-corrected chi connectivity index (χ2v) is 6.43. The van der Waals surface area contributed by atoms with Crippen LogP contribution in [-0.4, -0.2) is 11.5 Å². The molecule has 2 unspecified atom stereocenters. The molecule has 0 amide bonds. The fourth-order valence-corrected chi connectivity index (χ4v) is 3.40. The molecule has 1 N–H and O–H groups in total. The maximum atomic E-state index is 4.27. The number of nitrogens with zero attached hydrogens (tertiary/aromatic N) is 1. The van der Waals surface area contributed by atoms with E-state index < -0.39 is 0 Å². The molecule has 1 fully saturated rings. The number of aryl methyl sites for hydroxylation is 1. The van der Waals surface area contributed by atoms with E-state index in [-0.39, 0.29) is 0 Å². The second kappa shape index (κ2) is 5.78. The molecule has 0 saturated heterocycles. The minimum Gasteiger partial charge on any atom is -0.312 e. The van der Waals surface area contributed by atoms with Crippen LogP contribution in [0.25, 0.3) is 0 Å². The Morgan fingerprint density at radius 2 is 2.38 bits per heavy atom. The van der Waals surface area contributed by atoms with Gasteiger partial charge in [0.2, 0.25) is 0 Å². The lowest BCUT2D eigenvalue weighted by atomic mass is 9.82. The standard InChI is InChI=1S/C13H22N2S/c1-10-4-3-5-12(6-10)7-14-8-13-9-15-11(2)16-13/h9-10,12,14H,3-8H2,1-2H3. The molecular formula is C13H22N2S. The van der Waals surface area contributed by atoms with E-state index in [9.17, 15) is 0 Å². The third-order valence-corrected chi connectivity index (χ3v) is 4.36. The largest absolute Gasteiger partial charge is 0.312 e. The van der Waals surface area contributed by atoms with Gasteiger partial charge in [-0.3, -0.25) is 0 Å². The molecule has 1 heterocycles. The summed E-state index contributed by atoms with van der Waals surface area (Å²) in [5.74, 6) is 1.84. The summed E-state index contributed by atoms with van der Waals surface area (Å²) in [6.45, 7) is 6.63. The number of thiazole rings is 1. The highest BCUT2D eigenvalue weighted by atomic mass is 32.1. The SMILES string of the molecule is Cc1ncc(CNCC2CCCC(C)C2)s1. The second-order valence-electron chi connectivity index (χ2n) is 5.11. The highest BCUT2D eigenvalue weighted by Gasteiger charge is 2.18. The molecule has 0 aromatic carbocycles. The smallest absolute Gasteiger partial charge is 0.0897 e. The minimum absolute atomic E-state index is 0.901. The Hall–Kier alpha value is -0.410. The normalized spacial score (nSPS) is 25.9. The van der Waals surface area contributed by atoms with Crippen LogP contribution in [0.1, 0.15) is 42.5 Å². The van der Waals surface area contributed by atoms with Gasteiger partial charge < -0.3 is 5.32 Å². The number of aromatic nitrogens is 1. The molecular weight excluding hydrogens is 216 g/mol. The summed E-state index contributed by atoms with van der Waals surface area (Å²) >= 11 is 1.80. The summed E-state index contributed by atoms with van der Waals surface area (Å²) in [6, 6.07) is 0. The lowest BCUT2D eigenvalue weighted by Gasteiger charge is -2.26. The lowest BCUT2D eigenvalue weighted by molar-refractivity contribution is 0.274. The molecule has 0 bridgehead atoms. The fraction of sp³-hybridized carbons (Fsp3) is 0.769. The van der Waals surface area contributed by atoms with Crippen molar-refractivity contribution in [1.82, 2.24) is 10.3 Å². The molecule has 0 aliphatic heterocycles. The van der Waals surface area contributed by atoms with Gasteiger partial charge in [-0.15, -0.1) is 11.3 Å². The fourth-order valence-electron chi connectivity index (χ4n) is 2.63. The van der Waals surface area contributed by atoms with Gasteiger partial charge >= 0.3 is 0 Å². The van der Waals surface area contributed by atoms with Crippen LogP contribution in [0.3, 0.4) is 0 Å². The first kappa shape index (κ1) is 12.1. The van der Waals surface area contributed by atoms with Crippen molar-refractivity contribution >= 4 is 11.3 Å². The van der Waals surface area contributed by atoms with Gasteiger partial charge in [-0.1, -0.05) is 19.8 Å². The molecule has 1 aliphatic carbocycles. The third kappa shape index (κ3) is 3.56. The van der Waals surface area contributed by atoms with Gasteiger partial charge in [0.05, 0.1) is 5.01 Å². The predicted molar refractivity (Wildman–Crippen MR) is 69.7 cm³/mol. The van der Waals surface area contributed by atoms with E-state index in [1.54, 1.807) is 11.3 Å². The van der Waals surface area contributed by atoms with Crippen LogP contribution in [0.15, 0.2) is 6.20 Å². The summed E-state index contributed by atoms with van der Waals surface area (Å²) in [5, 5.41) is 4.75. The third-order valence-electron chi connectivity index (χ3n) is 3.45. The van der Waals surface area contributed by atoms with Gasteiger partial charge in [0.15, 0.2) is 0 Å². The van der Waals surface area contributed by atoms with E-state index in [2.05, 4.69) is 24.1 Å². The van der Waals surface area contributed by atoms with Gasteiger partial charge in [-0.05, 0) is 38.1 Å². The van der Waals surface area contributed by atoms with E-state index in [1.807, 2.05) is 6.20 Å². The zero-order valence-corrected chi connectivity index (χ0v) is 11.1. The first-order chi connectivity index (χ1) is 7.74. The summed E-state index contributed by atoms with van der Waals surface area (Å²) in [6.07, 6.45) is 7.68. The van der Waals surface area contributed by atoms with E-state index in [0.29, 0.717) is 0 Å². The average molecular weight is 238 g/mol. The lowest BCUT2D eigenvalue weighted by Crippen LogP contribution is -2.26. The van der Waals surface area contributed by atoms with E-state index in [1.165, 1.54) is 42.1 Å². The van der Waals surface area contributed by atoms with Crippen LogP contribution in [0.5, 0.6) is 0 Å². The highest BCUT2D eigenvalue weighted by molar-refractivity contribution is 7.11. The maximum absolute atomic E-state index is 4.27. The zero-order valence-electron chi connectivity index (χ0n) is 10.3. The Balaban J connectivity index is 1.67. The summed E-state index contributed by atoms with van der Waals surface area (Å²) in [4.78, 5) is 5.63. The van der Waals surface area contributed by atoms with Crippen molar-refractivity contribution in [2.24, 2.45) is 11.8 Å². The van der Waals surface area contributed by atoms with Crippen molar-refractivity contribution in [3.8, 4) is 0 Å². The molecule has 0 radical (unpaired) electrons. The van der Waals surface area contributed by atoms with Gasteiger partial charge in [0, 0.05) is 17.6 Å². The van der Waals surface area contributed by atoms with Crippen molar-refractivity contribution in [3.63, 3.8) is 0 Å². The summed E-state index contributed by atoms with van der Waals surface area (Å²) < 4.78 is 0. The minimum atomic E-state index is 0.901. The van der Waals surface area contributed by atoms with E-state index in [0.717, 1.165) is 18.4 Å². The molecule has 1 aromatic heterocycles. The Labute approximate surface area is 102 Å². The van der Waals surface area contributed by atoms with E-state index in [4.69, 9.17) is 0 Å². The van der Waals surface area contributed by atoms with Gasteiger partial charge in [-0.25, -0.2) is 4.98 Å². The summed E-state index contributed by atoms with van der Waals surface area (Å²) in [5.41, 5.74) is 0. The number of nitrogens with one attached hydrogen (secondary N) is 1. The molecule has 3 heteroatoms. The van der Waals surface area contributed by atoms with Crippen LogP contribution in [0.4, 0.5) is 0 Å². The van der Waals surface area contributed by atoms with Gasteiger partial charge in [0.1, 0.15) is 0 Å². The Morgan fingerprint density at radius 3 is 3.06 bits per heavy atom. The monoisotopic (exact) mass is 238 g/mol. The Bertz CT molecular complexity index is 321. The highest BCUT2D eigenvalue weighted by Crippen LogP contribution is 2.28. The Kier molecular flexibility index (Phi) is 4.36. The maximum Gasteiger partial charge on any atom is 0.0897 e. The van der Waals surface area contributed by atoms with Crippen molar-refractivity contribution in [2.75, 3.05) is 6.54 Å². The molecule has 0 spiro atoms. The molecule has 2 rings (SSSR count). The van der Waals surface area contributed by atoms with Crippen LogP contribution in [0.2, 0.25) is 0 Å². The molecule has 1 saturated carbocycles. The molecule has 90 valence electrons. The molecule has 1 aromatic rings. The Morgan fingerprint density at radius 1 is 1.50 bits per heavy atom. The topological polar surface area (TPSA) is 24.9 Å². The quantitative estimate of drug-likeness (QED) is 0.870. The van der Waals surface area contributed by atoms with Crippen LogP contribution in [0, 0.1) is 18.8 Å². The van der Waals surface area contributed by atoms with E-state index >= 15 is 0 Å². The van der Waals surface area contributed by atoms with Crippen LogP contribution < -0.4 is 5.32 Å². The predicted octanol–water partition coefficient (Wildman–Crippen LogP) is 3.37. The van der Waals surface area contributed by atoms with Crippen molar-refractivity contribution in [2.45, 2.75) is 46.1 Å². The first-order valence-electron chi connectivity index (χ1n) is 6.36. The van der Waals surface area contributed by atoms with Gasteiger partial charge in [0.25, 0.3) is 0 Å². The average Bonchev–Trinajstić information content (AvgIpc) is 2.64. The zero-order chi connectivity index (χ0) is 11.4. The number of hydrogen-bond acceptors (Lipinski definition) is 3. The molecule has 16 heavy (non-hydrogen) atoms. The summed E-state index contributed by atoms with van der Waals surface area (Å²) in [7, 11) is 0. The van der Waals surface area contributed by atoms with Gasteiger partial charge in [-0.2, -0.15) is 0 Å². The first-order valence-corrected chi connectivity index (χ1v) is 7.17.